The number of ketones is 1. The number of carbonyl (C=O) groups excluding carboxylic acids is 3. The second-order valence-corrected chi connectivity index (χ2v) is 8.85. The summed E-state index contributed by atoms with van der Waals surface area (Å²) < 4.78 is 0. The molecule has 2 aliphatic rings. The molecule has 1 aliphatic carbocycles. The van der Waals surface area contributed by atoms with Crippen molar-refractivity contribution >= 4 is 35.0 Å². The molecular formula is C25H26ClN3O3. The lowest BCUT2D eigenvalue weighted by molar-refractivity contribution is -0.122. The molecule has 32 heavy (non-hydrogen) atoms. The van der Waals surface area contributed by atoms with Gasteiger partial charge in [-0.15, -0.1) is 0 Å². The number of fused-ring (bicyclic) bond motifs is 1. The minimum Gasteiger partial charge on any atom is -0.334 e. The number of nitrogens with zero attached hydrogens (tertiary/aromatic N) is 1. The lowest BCUT2D eigenvalue weighted by atomic mass is 10.1. The molecule has 7 heteroatoms. The molecule has 1 heterocycles. The van der Waals surface area contributed by atoms with E-state index in [1.165, 1.54) is 0 Å². The topological polar surface area (TPSA) is 78.5 Å². The molecule has 166 valence electrons. The molecule has 0 saturated heterocycles. The first-order valence-electron chi connectivity index (χ1n) is 10.8. The summed E-state index contributed by atoms with van der Waals surface area (Å²) in [6.45, 7) is 6.53. The standard InChI is InChI=1S/C25H26ClN3O3/c1-15-5-3-8-22(23(30)11-15)29-14-18-12-17(9-10-19(18)24(29)31)13-27-25(32)28-21-7-4-6-20(26)16(21)2/h4,6-7,9-10,12,22H,1,3,5,8,11,13-14H2,2H3,(H2,27,28,32). The van der Waals surface area contributed by atoms with Crippen LogP contribution in [0.2, 0.25) is 5.02 Å². The minimum absolute atomic E-state index is 0.0727. The zero-order chi connectivity index (χ0) is 22.8. The van der Waals surface area contributed by atoms with E-state index in [1.807, 2.05) is 19.1 Å². The second-order valence-electron chi connectivity index (χ2n) is 8.45. The van der Waals surface area contributed by atoms with Gasteiger partial charge in [-0.05, 0) is 61.1 Å². The molecule has 0 bridgehead atoms. The Balaban J connectivity index is 1.40. The van der Waals surface area contributed by atoms with E-state index >= 15 is 0 Å². The minimum atomic E-state index is -0.387. The third-order valence-corrected chi connectivity index (χ3v) is 6.56. The molecule has 4 rings (SSSR count). The van der Waals surface area contributed by atoms with Crippen molar-refractivity contribution in [3.63, 3.8) is 0 Å². The van der Waals surface area contributed by atoms with Crippen LogP contribution < -0.4 is 10.6 Å². The number of benzene rings is 2. The second kappa shape index (κ2) is 9.17. The lowest BCUT2D eigenvalue weighted by Gasteiger charge is -2.25. The number of hydrogen-bond acceptors (Lipinski definition) is 3. The van der Waals surface area contributed by atoms with E-state index in [4.69, 9.17) is 11.6 Å². The number of Topliss-reactive ketones (excluding diaryl/α,β-unsaturated/α-hetero) is 1. The Hall–Kier alpha value is -3.12. The first-order chi connectivity index (χ1) is 15.3. The van der Waals surface area contributed by atoms with Crippen molar-refractivity contribution in [3.05, 3.63) is 75.8 Å². The smallest absolute Gasteiger partial charge is 0.319 e. The highest BCUT2D eigenvalue weighted by Crippen LogP contribution is 2.30. The summed E-state index contributed by atoms with van der Waals surface area (Å²) in [5, 5.41) is 6.23. The van der Waals surface area contributed by atoms with Crippen LogP contribution in [0.3, 0.4) is 0 Å². The Bertz CT molecular complexity index is 1110. The summed E-state index contributed by atoms with van der Waals surface area (Å²) in [7, 11) is 0. The molecule has 3 amide bonds. The Morgan fingerprint density at radius 2 is 2.06 bits per heavy atom. The number of nitrogens with one attached hydrogen (secondary N) is 2. The van der Waals surface area contributed by atoms with Gasteiger partial charge in [0.2, 0.25) is 0 Å². The van der Waals surface area contributed by atoms with Gasteiger partial charge in [-0.25, -0.2) is 4.79 Å². The zero-order valence-electron chi connectivity index (χ0n) is 18.0. The van der Waals surface area contributed by atoms with Crippen LogP contribution in [0.5, 0.6) is 0 Å². The Morgan fingerprint density at radius 1 is 1.25 bits per heavy atom. The molecular weight excluding hydrogens is 426 g/mol. The fourth-order valence-corrected chi connectivity index (χ4v) is 4.51. The molecule has 1 aliphatic heterocycles. The lowest BCUT2D eigenvalue weighted by Crippen LogP contribution is -2.40. The molecule has 0 radical (unpaired) electrons. The van der Waals surface area contributed by atoms with Gasteiger partial charge in [0.15, 0.2) is 5.78 Å². The number of allylic oxidation sites excluding steroid dienone is 1. The molecule has 1 atom stereocenters. The van der Waals surface area contributed by atoms with Gasteiger partial charge in [-0.2, -0.15) is 0 Å². The van der Waals surface area contributed by atoms with E-state index in [0.717, 1.165) is 35.1 Å². The molecule has 0 spiro atoms. The first-order valence-corrected chi connectivity index (χ1v) is 11.1. The zero-order valence-corrected chi connectivity index (χ0v) is 18.8. The average Bonchev–Trinajstić information content (AvgIpc) is 2.97. The highest BCUT2D eigenvalue weighted by Gasteiger charge is 2.36. The summed E-state index contributed by atoms with van der Waals surface area (Å²) in [4.78, 5) is 39.6. The van der Waals surface area contributed by atoms with E-state index in [9.17, 15) is 14.4 Å². The van der Waals surface area contributed by atoms with Crippen molar-refractivity contribution in [1.82, 2.24) is 10.2 Å². The highest BCUT2D eigenvalue weighted by atomic mass is 35.5. The summed E-state index contributed by atoms with van der Waals surface area (Å²) in [6, 6.07) is 10.2. The Kier molecular flexibility index (Phi) is 6.33. The Morgan fingerprint density at radius 3 is 2.88 bits per heavy atom. The third kappa shape index (κ3) is 4.55. The quantitative estimate of drug-likeness (QED) is 0.507. The van der Waals surface area contributed by atoms with Gasteiger partial charge < -0.3 is 15.5 Å². The molecule has 6 nitrogen and oxygen atoms in total. The van der Waals surface area contributed by atoms with Crippen molar-refractivity contribution < 1.29 is 14.4 Å². The van der Waals surface area contributed by atoms with Crippen LogP contribution in [0.1, 0.15) is 52.7 Å². The predicted octanol–water partition coefficient (Wildman–Crippen LogP) is 4.99. The summed E-state index contributed by atoms with van der Waals surface area (Å²) in [5.74, 6) is -0.0249. The number of hydrogen-bond donors (Lipinski definition) is 2. The van der Waals surface area contributed by atoms with Gasteiger partial charge >= 0.3 is 6.03 Å². The summed E-state index contributed by atoms with van der Waals surface area (Å²) >= 11 is 6.10. The van der Waals surface area contributed by atoms with Crippen LogP contribution in [-0.2, 0) is 17.9 Å². The van der Waals surface area contributed by atoms with Crippen LogP contribution >= 0.6 is 11.6 Å². The van der Waals surface area contributed by atoms with Gasteiger partial charge in [0.25, 0.3) is 5.91 Å². The monoisotopic (exact) mass is 451 g/mol. The van der Waals surface area contributed by atoms with Crippen LogP contribution in [-0.4, -0.2) is 28.7 Å². The number of halogens is 1. The molecule has 1 unspecified atom stereocenters. The van der Waals surface area contributed by atoms with Crippen molar-refractivity contribution in [3.8, 4) is 0 Å². The van der Waals surface area contributed by atoms with Gasteiger partial charge in [0.1, 0.15) is 0 Å². The molecule has 1 fully saturated rings. The van der Waals surface area contributed by atoms with Crippen LogP contribution in [0.4, 0.5) is 10.5 Å². The molecule has 2 aromatic rings. The number of urea groups is 1. The number of rotatable bonds is 4. The Labute approximate surface area is 192 Å². The van der Waals surface area contributed by atoms with Gasteiger partial charge in [0.05, 0.1) is 6.04 Å². The summed E-state index contributed by atoms with van der Waals surface area (Å²) in [5.41, 5.74) is 4.80. The molecule has 2 N–H and O–H groups in total. The molecule has 1 saturated carbocycles. The highest BCUT2D eigenvalue weighted by molar-refractivity contribution is 6.31. The largest absolute Gasteiger partial charge is 0.334 e. The SMILES string of the molecule is C=C1CCCC(N2Cc3cc(CNC(=O)Nc4cccc(Cl)c4C)ccc3C2=O)C(=O)C1. The fraction of sp³-hybridized carbons (Fsp3) is 0.320. The van der Waals surface area contributed by atoms with Gasteiger partial charge in [0, 0.05) is 35.8 Å². The normalized spacial score (nSPS) is 18.4. The first kappa shape index (κ1) is 22.1. The van der Waals surface area contributed by atoms with Crippen molar-refractivity contribution in [1.29, 1.82) is 0 Å². The molecule has 0 aromatic heterocycles. The average molecular weight is 452 g/mol. The van der Waals surface area contributed by atoms with E-state index < -0.39 is 0 Å². The van der Waals surface area contributed by atoms with Gasteiger partial charge in [-0.3, -0.25) is 9.59 Å². The fourth-order valence-electron chi connectivity index (χ4n) is 4.34. The third-order valence-electron chi connectivity index (χ3n) is 6.15. The van der Waals surface area contributed by atoms with Crippen LogP contribution in [0.15, 0.2) is 48.6 Å². The van der Waals surface area contributed by atoms with E-state index in [1.54, 1.807) is 29.2 Å². The van der Waals surface area contributed by atoms with Crippen LogP contribution in [0, 0.1) is 6.92 Å². The van der Waals surface area contributed by atoms with Gasteiger partial charge in [-0.1, -0.05) is 42.0 Å². The number of amides is 3. The van der Waals surface area contributed by atoms with E-state index in [2.05, 4.69) is 17.2 Å². The predicted molar refractivity (Wildman–Crippen MR) is 125 cm³/mol. The van der Waals surface area contributed by atoms with Crippen LogP contribution in [0.25, 0.3) is 0 Å². The van der Waals surface area contributed by atoms with Crippen molar-refractivity contribution in [2.75, 3.05) is 5.32 Å². The van der Waals surface area contributed by atoms with Crippen molar-refractivity contribution in [2.45, 2.75) is 51.7 Å². The maximum absolute atomic E-state index is 12.9. The maximum Gasteiger partial charge on any atom is 0.319 e. The maximum atomic E-state index is 12.9. The summed E-state index contributed by atoms with van der Waals surface area (Å²) in [6.07, 6.45) is 2.73. The molecule has 2 aromatic carbocycles. The number of carbonyl (C=O) groups is 3. The van der Waals surface area contributed by atoms with Crippen molar-refractivity contribution in [2.24, 2.45) is 0 Å². The van der Waals surface area contributed by atoms with E-state index in [0.29, 0.717) is 42.2 Å². The number of anilines is 1. The van der Waals surface area contributed by atoms with E-state index in [-0.39, 0.29) is 23.8 Å².